The topological polar surface area (TPSA) is 94.1 Å². The lowest BCUT2D eigenvalue weighted by atomic mass is 9.91. The molecule has 1 aliphatic rings. The van der Waals surface area contributed by atoms with Gasteiger partial charge < -0.3 is 24.6 Å². The predicted molar refractivity (Wildman–Crippen MR) is 99.7 cm³/mol. The van der Waals surface area contributed by atoms with E-state index in [1.807, 2.05) is 0 Å². The van der Waals surface area contributed by atoms with Crippen molar-refractivity contribution in [1.29, 1.82) is 0 Å². The Morgan fingerprint density at radius 1 is 1.34 bits per heavy atom. The van der Waals surface area contributed by atoms with Gasteiger partial charge >= 0.3 is 12.0 Å². The van der Waals surface area contributed by atoms with Gasteiger partial charge in [-0.15, -0.1) is 0 Å². The number of aliphatic hydroxyl groups is 1. The fourth-order valence-corrected chi connectivity index (χ4v) is 2.78. The molecule has 2 N–H and O–H groups in total. The molecule has 0 aromatic heterocycles. The van der Waals surface area contributed by atoms with Gasteiger partial charge in [0.15, 0.2) is 0 Å². The fraction of sp³-hybridized carbons (Fsp3) is 0.600. The number of hydrogen-bond acceptors (Lipinski definition) is 6. The van der Waals surface area contributed by atoms with E-state index in [1.54, 1.807) is 27.7 Å². The van der Waals surface area contributed by atoms with Gasteiger partial charge in [-0.1, -0.05) is 32.9 Å². The Hall–Kier alpha value is -2.26. The van der Waals surface area contributed by atoms with Crippen molar-refractivity contribution in [3.63, 3.8) is 0 Å². The van der Waals surface area contributed by atoms with Gasteiger partial charge in [-0.05, 0) is 19.1 Å². The highest BCUT2D eigenvalue weighted by Crippen LogP contribution is 2.38. The number of halogens is 2. The van der Waals surface area contributed by atoms with Crippen molar-refractivity contribution in [3.8, 4) is 5.75 Å². The van der Waals surface area contributed by atoms with Gasteiger partial charge in [-0.2, -0.15) is 4.39 Å². The van der Waals surface area contributed by atoms with Gasteiger partial charge in [0.05, 0.1) is 25.9 Å². The van der Waals surface area contributed by atoms with E-state index in [4.69, 9.17) is 14.2 Å². The maximum absolute atomic E-state index is 15.4. The molecule has 1 aliphatic heterocycles. The van der Waals surface area contributed by atoms with Crippen LogP contribution in [0.15, 0.2) is 24.3 Å². The van der Waals surface area contributed by atoms with Crippen molar-refractivity contribution in [1.82, 2.24) is 5.32 Å². The van der Waals surface area contributed by atoms with Crippen LogP contribution in [0.25, 0.3) is 0 Å². The Labute approximate surface area is 168 Å². The second kappa shape index (κ2) is 9.04. The zero-order chi connectivity index (χ0) is 21.8. The van der Waals surface area contributed by atoms with E-state index >= 15 is 4.39 Å². The third-order valence-electron chi connectivity index (χ3n) is 4.50. The van der Waals surface area contributed by atoms with Gasteiger partial charge in [0.2, 0.25) is 5.91 Å². The highest BCUT2D eigenvalue weighted by Gasteiger charge is 2.55. The maximum atomic E-state index is 15.4. The fourth-order valence-electron chi connectivity index (χ4n) is 2.78. The molecule has 7 nitrogen and oxygen atoms in total. The van der Waals surface area contributed by atoms with Crippen LogP contribution in [0.3, 0.4) is 0 Å². The van der Waals surface area contributed by atoms with Gasteiger partial charge in [-0.3, -0.25) is 4.79 Å². The minimum absolute atomic E-state index is 0.0646. The van der Waals surface area contributed by atoms with Crippen LogP contribution in [0, 0.1) is 11.3 Å². The number of carbonyl (C=O) groups is 2. The lowest BCUT2D eigenvalue weighted by Crippen LogP contribution is -2.62. The van der Waals surface area contributed by atoms with Crippen LogP contribution in [0.5, 0.6) is 5.75 Å². The number of esters is 1. The quantitative estimate of drug-likeness (QED) is 0.693. The molecule has 0 saturated carbocycles. The number of nitrogens with one attached hydrogen (secondary N) is 1. The van der Waals surface area contributed by atoms with E-state index in [9.17, 15) is 19.1 Å². The van der Waals surface area contributed by atoms with Crippen molar-refractivity contribution in [2.45, 2.75) is 45.9 Å². The molecular weight excluding hydrogens is 388 g/mol. The summed E-state index contributed by atoms with van der Waals surface area (Å²) in [6.07, 6.45) is -1.99. The summed E-state index contributed by atoms with van der Waals surface area (Å²) in [7, 11) is 0. The Morgan fingerprint density at radius 3 is 2.59 bits per heavy atom. The summed E-state index contributed by atoms with van der Waals surface area (Å²) in [5, 5.41) is 12.1. The zero-order valence-corrected chi connectivity index (χ0v) is 16.9. The highest BCUT2D eigenvalue weighted by molar-refractivity contribution is 5.92. The summed E-state index contributed by atoms with van der Waals surface area (Å²) < 4.78 is 45.7. The maximum Gasteiger partial charge on any atom is 0.371 e. The van der Waals surface area contributed by atoms with E-state index in [2.05, 4.69) is 5.32 Å². The lowest BCUT2D eigenvalue weighted by molar-refractivity contribution is -0.339. The summed E-state index contributed by atoms with van der Waals surface area (Å²) in [5.74, 6) is -3.14. The summed E-state index contributed by atoms with van der Waals surface area (Å²) in [4.78, 5) is 24.2. The van der Waals surface area contributed by atoms with E-state index in [0.29, 0.717) is 0 Å². The predicted octanol–water partition coefficient (Wildman–Crippen LogP) is 2.37. The smallest absolute Gasteiger partial charge is 0.371 e. The first-order valence-corrected chi connectivity index (χ1v) is 9.37. The van der Waals surface area contributed by atoms with E-state index in [1.165, 1.54) is 24.3 Å². The first-order valence-electron chi connectivity index (χ1n) is 9.37. The van der Waals surface area contributed by atoms with Crippen LogP contribution in [0.1, 0.15) is 38.1 Å². The first kappa shape index (κ1) is 23.0. The number of aliphatic hydroxyl groups excluding tert-OH is 1. The lowest BCUT2D eigenvalue weighted by Gasteiger charge is -2.42. The molecule has 0 bridgehead atoms. The highest BCUT2D eigenvalue weighted by atomic mass is 19.2. The molecule has 1 heterocycles. The minimum Gasteiger partial charge on any atom is -0.462 e. The van der Waals surface area contributed by atoms with Crippen LogP contribution < -0.4 is 10.1 Å². The summed E-state index contributed by atoms with van der Waals surface area (Å²) in [6.45, 7) is 5.21. The SMILES string of the molecule is CCOC(=O)c1ccccc1OC1(F)OCC(NC(=O)C(C)(C)C)C(F)C1CO. The number of alkyl halides is 2. The van der Waals surface area contributed by atoms with Crippen molar-refractivity contribution in [2.24, 2.45) is 11.3 Å². The number of para-hydroxylation sites is 1. The van der Waals surface area contributed by atoms with E-state index < -0.39 is 54.7 Å². The van der Waals surface area contributed by atoms with Gasteiger partial charge in [0, 0.05) is 5.41 Å². The molecule has 0 spiro atoms. The summed E-state index contributed by atoms with van der Waals surface area (Å²) >= 11 is 0. The third kappa shape index (κ3) is 5.22. The van der Waals surface area contributed by atoms with Gasteiger partial charge in [0.1, 0.15) is 23.4 Å². The minimum atomic E-state index is -3.04. The molecule has 1 fully saturated rings. The van der Waals surface area contributed by atoms with Crippen molar-refractivity contribution in [2.75, 3.05) is 19.8 Å². The van der Waals surface area contributed by atoms with Gasteiger partial charge in [0.25, 0.3) is 0 Å². The van der Waals surface area contributed by atoms with Crippen LogP contribution in [0.4, 0.5) is 8.78 Å². The number of carbonyl (C=O) groups excluding carboxylic acids is 2. The van der Waals surface area contributed by atoms with Crippen molar-refractivity contribution in [3.05, 3.63) is 29.8 Å². The number of rotatable bonds is 6. The zero-order valence-electron chi connectivity index (χ0n) is 16.9. The number of hydrogen-bond donors (Lipinski definition) is 2. The molecule has 0 radical (unpaired) electrons. The normalized spacial score (nSPS) is 27.2. The van der Waals surface area contributed by atoms with Crippen LogP contribution in [0.2, 0.25) is 0 Å². The van der Waals surface area contributed by atoms with E-state index in [0.717, 1.165) is 0 Å². The monoisotopic (exact) mass is 415 g/mol. The molecule has 29 heavy (non-hydrogen) atoms. The molecule has 1 saturated heterocycles. The van der Waals surface area contributed by atoms with Crippen molar-refractivity contribution < 1.29 is 37.7 Å². The van der Waals surface area contributed by atoms with Crippen molar-refractivity contribution >= 4 is 11.9 Å². The molecule has 4 atom stereocenters. The Morgan fingerprint density at radius 2 is 2.00 bits per heavy atom. The summed E-state index contributed by atoms with van der Waals surface area (Å²) in [6, 6.07) is 1.51. The number of amides is 1. The molecule has 162 valence electrons. The molecule has 1 amide bonds. The Bertz CT molecular complexity index is 738. The third-order valence-corrected chi connectivity index (χ3v) is 4.50. The summed E-state index contributed by atoms with van der Waals surface area (Å²) in [5.41, 5.74) is -0.849. The molecule has 1 aromatic rings. The van der Waals surface area contributed by atoms with Gasteiger partial charge in [-0.25, -0.2) is 9.18 Å². The largest absolute Gasteiger partial charge is 0.462 e. The second-order valence-electron chi connectivity index (χ2n) is 7.78. The van der Waals surface area contributed by atoms with Crippen LogP contribution >= 0.6 is 0 Å². The molecule has 0 aliphatic carbocycles. The molecular formula is C20H27F2NO6. The number of benzene rings is 1. The Kier molecular flexibility index (Phi) is 7.18. The first-order chi connectivity index (χ1) is 13.5. The average molecular weight is 415 g/mol. The molecule has 2 rings (SSSR count). The van der Waals surface area contributed by atoms with Crippen LogP contribution in [-0.2, 0) is 14.3 Å². The Balaban J connectivity index is 2.23. The molecule has 9 heteroatoms. The van der Waals surface area contributed by atoms with E-state index in [-0.39, 0.29) is 17.9 Å². The number of ether oxygens (including phenoxy) is 3. The standard InChI is InChI=1S/C20H27F2NO6/c1-5-27-17(25)12-8-6-7-9-15(12)29-20(22)13(10-24)16(21)14(11-28-20)23-18(26)19(2,3)4/h6-9,13-14,16,24H,5,10-11H2,1-4H3,(H,23,26). The molecule has 4 unspecified atom stereocenters. The van der Waals surface area contributed by atoms with Crippen LogP contribution in [-0.4, -0.2) is 55.1 Å². The second-order valence-corrected chi connectivity index (χ2v) is 7.78. The average Bonchev–Trinajstić information content (AvgIpc) is 2.64. The molecule has 1 aromatic carbocycles.